The van der Waals surface area contributed by atoms with Gasteiger partial charge in [0.05, 0.1) is 0 Å². The molecule has 0 fully saturated rings. The maximum Gasteiger partial charge on any atom is 0.258 e. The van der Waals surface area contributed by atoms with E-state index >= 15 is 0 Å². The summed E-state index contributed by atoms with van der Waals surface area (Å²) in [6.45, 7) is 6.36. The molecule has 1 aromatic carbocycles. The monoisotopic (exact) mass is 271 g/mol. The average molecular weight is 271 g/mol. The number of rotatable bonds is 4. The summed E-state index contributed by atoms with van der Waals surface area (Å²) in [5.74, 6) is 2.15. The molecular formula is C16H21N3O. The van der Waals surface area contributed by atoms with Crippen molar-refractivity contribution >= 4 is 0 Å². The van der Waals surface area contributed by atoms with E-state index in [1.165, 1.54) is 11.1 Å². The lowest BCUT2D eigenvalue weighted by atomic mass is 9.95. The van der Waals surface area contributed by atoms with Gasteiger partial charge in [-0.25, -0.2) is 0 Å². The Morgan fingerprint density at radius 2 is 2.25 bits per heavy atom. The minimum Gasteiger partial charge on any atom is -0.334 e. The van der Waals surface area contributed by atoms with Crippen LogP contribution in [0, 0.1) is 5.92 Å². The second-order valence-corrected chi connectivity index (χ2v) is 5.82. The fourth-order valence-electron chi connectivity index (χ4n) is 2.61. The summed E-state index contributed by atoms with van der Waals surface area (Å²) < 4.78 is 5.47. The summed E-state index contributed by atoms with van der Waals surface area (Å²) in [7, 11) is 0. The third kappa shape index (κ3) is 2.75. The van der Waals surface area contributed by atoms with Crippen LogP contribution in [0.2, 0.25) is 0 Å². The Kier molecular flexibility index (Phi) is 3.83. The van der Waals surface area contributed by atoms with Gasteiger partial charge in [0, 0.05) is 18.5 Å². The van der Waals surface area contributed by atoms with Crippen LogP contribution in [-0.4, -0.2) is 16.7 Å². The molecule has 0 aliphatic carbocycles. The van der Waals surface area contributed by atoms with Crippen molar-refractivity contribution in [3.05, 3.63) is 35.2 Å². The van der Waals surface area contributed by atoms with Crippen molar-refractivity contribution in [2.24, 2.45) is 5.92 Å². The van der Waals surface area contributed by atoms with E-state index in [1.54, 1.807) is 0 Å². The van der Waals surface area contributed by atoms with Crippen LogP contribution in [0.4, 0.5) is 0 Å². The fraction of sp³-hybridized carbons (Fsp3) is 0.500. The Morgan fingerprint density at radius 1 is 1.35 bits per heavy atom. The third-order valence-electron chi connectivity index (χ3n) is 3.78. The van der Waals surface area contributed by atoms with Crippen LogP contribution in [0.15, 0.2) is 22.7 Å². The smallest absolute Gasteiger partial charge is 0.258 e. The largest absolute Gasteiger partial charge is 0.334 e. The summed E-state index contributed by atoms with van der Waals surface area (Å²) in [6, 6.07) is 6.32. The topological polar surface area (TPSA) is 51.0 Å². The Bertz CT molecular complexity index is 589. The molecule has 0 saturated heterocycles. The molecule has 4 nitrogen and oxygen atoms in total. The molecule has 4 heteroatoms. The molecule has 0 amide bonds. The van der Waals surface area contributed by atoms with Crippen molar-refractivity contribution in [3.8, 4) is 11.5 Å². The minimum absolute atomic E-state index is 0.660. The number of hydrogen-bond acceptors (Lipinski definition) is 4. The number of nitrogens with zero attached hydrogens (tertiary/aromatic N) is 2. The highest BCUT2D eigenvalue weighted by molar-refractivity contribution is 5.61. The molecule has 0 radical (unpaired) electrons. The highest BCUT2D eigenvalue weighted by Crippen LogP contribution is 2.27. The predicted octanol–water partition coefficient (Wildman–Crippen LogP) is 2.97. The first-order valence-electron chi connectivity index (χ1n) is 7.38. The maximum atomic E-state index is 5.47. The number of aromatic nitrogens is 2. The van der Waals surface area contributed by atoms with Gasteiger partial charge in [-0.2, -0.15) is 4.98 Å². The summed E-state index contributed by atoms with van der Waals surface area (Å²) in [4.78, 5) is 4.56. The van der Waals surface area contributed by atoms with E-state index in [4.69, 9.17) is 4.52 Å². The van der Waals surface area contributed by atoms with Gasteiger partial charge in [-0.15, -0.1) is 0 Å². The number of benzene rings is 1. The quantitative estimate of drug-likeness (QED) is 0.929. The van der Waals surface area contributed by atoms with Crippen molar-refractivity contribution in [2.45, 2.75) is 39.7 Å². The second-order valence-electron chi connectivity index (χ2n) is 5.82. The molecule has 1 aliphatic rings. The van der Waals surface area contributed by atoms with Crippen molar-refractivity contribution in [1.82, 2.24) is 15.5 Å². The third-order valence-corrected chi connectivity index (χ3v) is 3.78. The van der Waals surface area contributed by atoms with E-state index in [1.807, 2.05) is 0 Å². The van der Waals surface area contributed by atoms with Gasteiger partial charge in [-0.1, -0.05) is 31.1 Å². The van der Waals surface area contributed by atoms with E-state index in [0.29, 0.717) is 11.8 Å². The van der Waals surface area contributed by atoms with E-state index in [-0.39, 0.29) is 0 Å². The molecule has 1 N–H and O–H groups in total. The SMILES string of the molecule is CC(C)CCc1noc(-c2cccc3c2CCNC3)n1. The van der Waals surface area contributed by atoms with Crippen LogP contribution in [0.5, 0.6) is 0 Å². The Morgan fingerprint density at radius 3 is 3.10 bits per heavy atom. The summed E-state index contributed by atoms with van der Waals surface area (Å²) in [5, 5.41) is 7.50. The highest BCUT2D eigenvalue weighted by Gasteiger charge is 2.17. The van der Waals surface area contributed by atoms with Gasteiger partial charge in [0.2, 0.25) is 0 Å². The van der Waals surface area contributed by atoms with Gasteiger partial charge in [0.1, 0.15) is 0 Å². The normalized spacial score (nSPS) is 14.6. The van der Waals surface area contributed by atoms with Gasteiger partial charge >= 0.3 is 0 Å². The maximum absolute atomic E-state index is 5.47. The molecule has 0 spiro atoms. The van der Waals surface area contributed by atoms with Gasteiger partial charge < -0.3 is 9.84 Å². The van der Waals surface area contributed by atoms with Crippen molar-refractivity contribution < 1.29 is 4.52 Å². The van der Waals surface area contributed by atoms with Gasteiger partial charge in [0.15, 0.2) is 5.82 Å². The Labute approximate surface area is 119 Å². The lowest BCUT2D eigenvalue weighted by Gasteiger charge is -2.18. The van der Waals surface area contributed by atoms with E-state index in [0.717, 1.165) is 43.7 Å². The standard InChI is InChI=1S/C16H21N3O/c1-11(2)6-7-15-18-16(20-19-15)14-5-3-4-12-10-17-9-8-13(12)14/h3-5,11,17H,6-10H2,1-2H3. The first-order chi connectivity index (χ1) is 9.74. The minimum atomic E-state index is 0.660. The van der Waals surface area contributed by atoms with Crippen molar-refractivity contribution in [2.75, 3.05) is 6.54 Å². The van der Waals surface area contributed by atoms with Crippen LogP contribution in [0.1, 0.15) is 37.2 Å². The Balaban J connectivity index is 1.86. The Hall–Kier alpha value is -1.68. The second kappa shape index (κ2) is 5.75. The molecule has 0 saturated carbocycles. The molecule has 1 aliphatic heterocycles. The molecule has 1 aromatic heterocycles. The lowest BCUT2D eigenvalue weighted by molar-refractivity contribution is 0.418. The molecule has 2 heterocycles. The molecule has 0 unspecified atom stereocenters. The van der Waals surface area contributed by atoms with E-state index in [2.05, 4.69) is 47.5 Å². The summed E-state index contributed by atoms with van der Waals surface area (Å²) in [5.41, 5.74) is 3.80. The molecule has 106 valence electrons. The van der Waals surface area contributed by atoms with Crippen LogP contribution >= 0.6 is 0 Å². The number of aryl methyl sites for hydroxylation is 1. The van der Waals surface area contributed by atoms with Gasteiger partial charge in [-0.3, -0.25) is 0 Å². The number of fused-ring (bicyclic) bond motifs is 1. The molecular weight excluding hydrogens is 250 g/mol. The zero-order chi connectivity index (χ0) is 13.9. The van der Waals surface area contributed by atoms with Crippen LogP contribution in [0.25, 0.3) is 11.5 Å². The van der Waals surface area contributed by atoms with Gasteiger partial charge in [-0.05, 0) is 42.5 Å². The fourth-order valence-corrected chi connectivity index (χ4v) is 2.61. The predicted molar refractivity (Wildman–Crippen MR) is 78.3 cm³/mol. The first-order valence-corrected chi connectivity index (χ1v) is 7.38. The summed E-state index contributed by atoms with van der Waals surface area (Å²) >= 11 is 0. The number of hydrogen-bond donors (Lipinski definition) is 1. The van der Waals surface area contributed by atoms with Crippen LogP contribution < -0.4 is 5.32 Å². The molecule has 0 bridgehead atoms. The van der Waals surface area contributed by atoms with Gasteiger partial charge in [0.25, 0.3) is 5.89 Å². The summed E-state index contributed by atoms with van der Waals surface area (Å²) in [6.07, 6.45) is 3.00. The molecule has 20 heavy (non-hydrogen) atoms. The molecule has 0 atom stereocenters. The lowest BCUT2D eigenvalue weighted by Crippen LogP contribution is -2.24. The van der Waals surface area contributed by atoms with Crippen molar-refractivity contribution in [1.29, 1.82) is 0 Å². The van der Waals surface area contributed by atoms with E-state index < -0.39 is 0 Å². The van der Waals surface area contributed by atoms with Crippen molar-refractivity contribution in [3.63, 3.8) is 0 Å². The highest BCUT2D eigenvalue weighted by atomic mass is 16.5. The first kappa shape index (κ1) is 13.3. The van der Waals surface area contributed by atoms with Crippen LogP contribution in [-0.2, 0) is 19.4 Å². The van der Waals surface area contributed by atoms with Crippen LogP contribution in [0.3, 0.4) is 0 Å². The molecule has 2 aromatic rings. The average Bonchev–Trinajstić information content (AvgIpc) is 2.93. The zero-order valence-corrected chi connectivity index (χ0v) is 12.1. The number of nitrogens with one attached hydrogen (secondary N) is 1. The zero-order valence-electron chi connectivity index (χ0n) is 12.1. The van der Waals surface area contributed by atoms with E-state index in [9.17, 15) is 0 Å². The molecule has 3 rings (SSSR count).